The quantitative estimate of drug-likeness (QED) is 0.631. The number of rotatable bonds is 3. The third kappa shape index (κ3) is 1.93. The van der Waals surface area contributed by atoms with Crippen molar-refractivity contribution in [3.8, 4) is 0 Å². The molecule has 0 spiro atoms. The van der Waals surface area contributed by atoms with Crippen LogP contribution in [0.5, 0.6) is 0 Å². The Morgan fingerprint density at radius 2 is 2.55 bits per heavy atom. The van der Waals surface area contributed by atoms with Crippen molar-refractivity contribution in [1.29, 1.82) is 0 Å². The molecule has 0 bridgehead atoms. The fraction of sp³-hybridized carbons (Fsp3) is 0.143. The summed E-state index contributed by atoms with van der Waals surface area (Å²) in [5.74, 6) is -0.158. The molecule has 11 heavy (non-hydrogen) atoms. The van der Waals surface area contributed by atoms with E-state index < -0.39 is 0 Å². The molecule has 1 heterocycles. The number of nitrogens with one attached hydrogen (secondary N) is 1. The van der Waals surface area contributed by atoms with Crippen LogP contribution in [-0.4, -0.2) is 18.7 Å². The lowest BCUT2D eigenvalue weighted by Crippen LogP contribution is -2.24. The summed E-state index contributed by atoms with van der Waals surface area (Å²) >= 11 is 0. The lowest BCUT2D eigenvalue weighted by molar-refractivity contribution is -0.107. The summed E-state index contributed by atoms with van der Waals surface area (Å²) in [5.41, 5.74) is 0. The maximum atomic E-state index is 10.9. The molecule has 0 fully saturated rings. The summed E-state index contributed by atoms with van der Waals surface area (Å²) < 4.78 is 4.76. The van der Waals surface area contributed by atoms with Crippen LogP contribution in [0, 0.1) is 0 Å². The number of hydrogen-bond acceptors (Lipinski definition) is 3. The van der Waals surface area contributed by atoms with E-state index in [-0.39, 0.29) is 18.2 Å². The Balaban J connectivity index is 2.49. The maximum absolute atomic E-state index is 10.9. The first-order valence-electron chi connectivity index (χ1n) is 3.10. The molecule has 0 aromatic carbocycles. The Bertz CT molecular complexity index is 240. The van der Waals surface area contributed by atoms with E-state index in [0.717, 1.165) is 0 Å². The lowest BCUT2D eigenvalue weighted by Gasteiger charge is -1.94. The molecule has 0 atom stereocenters. The zero-order valence-electron chi connectivity index (χ0n) is 5.74. The second kappa shape index (κ2) is 3.55. The van der Waals surface area contributed by atoms with Gasteiger partial charge in [0.2, 0.25) is 0 Å². The van der Waals surface area contributed by atoms with Crippen molar-refractivity contribution in [2.75, 3.05) is 6.54 Å². The predicted molar refractivity (Wildman–Crippen MR) is 37.1 cm³/mol. The number of aldehydes is 1. The summed E-state index contributed by atoms with van der Waals surface area (Å²) in [6, 6.07) is 3.13. The molecule has 1 N–H and O–H groups in total. The van der Waals surface area contributed by atoms with E-state index in [1.54, 1.807) is 6.07 Å². The number of furan rings is 1. The molecule has 1 rings (SSSR count). The van der Waals surface area contributed by atoms with Gasteiger partial charge >= 0.3 is 0 Å². The summed E-state index contributed by atoms with van der Waals surface area (Å²) in [6.07, 6.45) is 2.01. The van der Waals surface area contributed by atoms with Gasteiger partial charge in [-0.25, -0.2) is 0 Å². The van der Waals surface area contributed by atoms with E-state index in [2.05, 4.69) is 5.32 Å². The van der Waals surface area contributed by atoms with Gasteiger partial charge in [-0.3, -0.25) is 4.79 Å². The summed E-state index contributed by atoms with van der Waals surface area (Å²) in [5, 5.41) is 2.33. The molecule has 0 aliphatic carbocycles. The number of amides is 1. The van der Waals surface area contributed by atoms with Crippen LogP contribution in [0.3, 0.4) is 0 Å². The van der Waals surface area contributed by atoms with Crippen LogP contribution in [0.1, 0.15) is 10.6 Å². The molecule has 1 aromatic heterocycles. The topological polar surface area (TPSA) is 59.3 Å². The minimum Gasteiger partial charge on any atom is -0.459 e. The minimum absolute atomic E-state index is 0.0134. The SMILES string of the molecule is O=CCNC(=O)c1ccco1. The van der Waals surface area contributed by atoms with Crippen molar-refractivity contribution in [2.45, 2.75) is 0 Å². The van der Waals surface area contributed by atoms with Crippen molar-refractivity contribution < 1.29 is 14.0 Å². The van der Waals surface area contributed by atoms with E-state index >= 15 is 0 Å². The molecule has 0 aliphatic rings. The van der Waals surface area contributed by atoms with Crippen LogP contribution in [-0.2, 0) is 4.79 Å². The minimum atomic E-state index is -0.373. The molecule has 4 heteroatoms. The second-order valence-corrected chi connectivity index (χ2v) is 1.85. The molecule has 0 saturated carbocycles. The largest absolute Gasteiger partial charge is 0.459 e. The van der Waals surface area contributed by atoms with E-state index in [9.17, 15) is 9.59 Å². The summed E-state index contributed by atoms with van der Waals surface area (Å²) in [6.45, 7) is 0.0134. The van der Waals surface area contributed by atoms with Gasteiger partial charge in [0, 0.05) is 0 Å². The van der Waals surface area contributed by atoms with Gasteiger partial charge in [-0.1, -0.05) is 0 Å². The Hall–Kier alpha value is -1.58. The van der Waals surface area contributed by atoms with Crippen molar-refractivity contribution in [1.82, 2.24) is 5.32 Å². The van der Waals surface area contributed by atoms with Crippen LogP contribution < -0.4 is 5.32 Å². The van der Waals surface area contributed by atoms with Gasteiger partial charge < -0.3 is 14.5 Å². The van der Waals surface area contributed by atoms with E-state index in [4.69, 9.17) is 4.42 Å². The number of hydrogen-bond donors (Lipinski definition) is 1. The Morgan fingerprint density at radius 1 is 1.73 bits per heavy atom. The molecule has 1 aromatic rings. The van der Waals surface area contributed by atoms with Gasteiger partial charge in [0.1, 0.15) is 6.29 Å². The Morgan fingerprint density at radius 3 is 3.09 bits per heavy atom. The number of carbonyl (C=O) groups excluding carboxylic acids is 2. The second-order valence-electron chi connectivity index (χ2n) is 1.85. The molecule has 0 aliphatic heterocycles. The molecule has 0 radical (unpaired) electrons. The zero-order chi connectivity index (χ0) is 8.10. The van der Waals surface area contributed by atoms with Gasteiger partial charge in [-0.2, -0.15) is 0 Å². The smallest absolute Gasteiger partial charge is 0.287 e. The third-order valence-corrected chi connectivity index (χ3v) is 1.09. The third-order valence-electron chi connectivity index (χ3n) is 1.09. The maximum Gasteiger partial charge on any atom is 0.287 e. The van der Waals surface area contributed by atoms with Crippen LogP contribution >= 0.6 is 0 Å². The number of carbonyl (C=O) groups is 2. The fourth-order valence-electron chi connectivity index (χ4n) is 0.629. The molecular formula is C7H7NO3. The fourth-order valence-corrected chi connectivity index (χ4v) is 0.629. The molecule has 58 valence electrons. The highest BCUT2D eigenvalue weighted by molar-refractivity contribution is 5.92. The normalized spacial score (nSPS) is 9.09. The van der Waals surface area contributed by atoms with Gasteiger partial charge in [-0.15, -0.1) is 0 Å². The zero-order valence-corrected chi connectivity index (χ0v) is 5.74. The van der Waals surface area contributed by atoms with Gasteiger partial charge in [0.15, 0.2) is 5.76 Å². The lowest BCUT2D eigenvalue weighted by atomic mass is 10.4. The summed E-state index contributed by atoms with van der Waals surface area (Å²) in [4.78, 5) is 20.7. The average Bonchev–Trinajstić information content (AvgIpc) is 2.52. The van der Waals surface area contributed by atoms with Crippen molar-refractivity contribution in [2.24, 2.45) is 0 Å². The highest BCUT2D eigenvalue weighted by atomic mass is 16.3. The molecule has 0 saturated heterocycles. The first kappa shape index (κ1) is 7.53. The standard InChI is InChI=1S/C7H7NO3/c9-4-3-8-7(10)6-2-1-5-11-6/h1-2,4-5H,3H2,(H,8,10). The van der Waals surface area contributed by atoms with Crippen molar-refractivity contribution in [3.63, 3.8) is 0 Å². The van der Waals surface area contributed by atoms with Crippen molar-refractivity contribution >= 4 is 12.2 Å². The molecule has 1 amide bonds. The van der Waals surface area contributed by atoms with E-state index in [1.165, 1.54) is 12.3 Å². The van der Waals surface area contributed by atoms with Gasteiger partial charge in [0.25, 0.3) is 5.91 Å². The van der Waals surface area contributed by atoms with E-state index in [1.807, 2.05) is 0 Å². The van der Waals surface area contributed by atoms with Gasteiger partial charge in [-0.05, 0) is 12.1 Å². The molecule has 4 nitrogen and oxygen atoms in total. The van der Waals surface area contributed by atoms with Crippen LogP contribution in [0.4, 0.5) is 0 Å². The Labute approximate surface area is 63.2 Å². The van der Waals surface area contributed by atoms with Gasteiger partial charge in [0.05, 0.1) is 12.8 Å². The van der Waals surface area contributed by atoms with Crippen LogP contribution in [0.2, 0.25) is 0 Å². The Kier molecular flexibility index (Phi) is 2.43. The predicted octanol–water partition coefficient (Wildman–Crippen LogP) is 0.208. The average molecular weight is 153 g/mol. The monoisotopic (exact) mass is 153 g/mol. The van der Waals surface area contributed by atoms with Crippen LogP contribution in [0.15, 0.2) is 22.8 Å². The van der Waals surface area contributed by atoms with Crippen LogP contribution in [0.25, 0.3) is 0 Å². The summed E-state index contributed by atoms with van der Waals surface area (Å²) in [7, 11) is 0. The highest BCUT2D eigenvalue weighted by Crippen LogP contribution is 1.97. The first-order valence-corrected chi connectivity index (χ1v) is 3.10. The molecular weight excluding hydrogens is 146 g/mol. The van der Waals surface area contributed by atoms with E-state index in [0.29, 0.717) is 6.29 Å². The van der Waals surface area contributed by atoms with Crippen molar-refractivity contribution in [3.05, 3.63) is 24.2 Å². The molecule has 0 unspecified atom stereocenters. The first-order chi connectivity index (χ1) is 5.34. The highest BCUT2D eigenvalue weighted by Gasteiger charge is 2.05.